The number of nitrogens with zero attached hydrogens (tertiary/aromatic N) is 3. The van der Waals surface area contributed by atoms with Crippen LogP contribution in [0.3, 0.4) is 0 Å². The number of aromatic nitrogens is 3. The minimum absolute atomic E-state index is 0.118. The number of anilines is 1. The molecule has 0 unspecified atom stereocenters. The summed E-state index contributed by atoms with van der Waals surface area (Å²) in [6.07, 6.45) is 6.19. The molecule has 1 amide bonds. The summed E-state index contributed by atoms with van der Waals surface area (Å²) in [5, 5.41) is 3.48. The Morgan fingerprint density at radius 1 is 1.11 bits per heavy atom. The van der Waals surface area contributed by atoms with Crippen molar-refractivity contribution >= 4 is 17.4 Å². The van der Waals surface area contributed by atoms with Crippen LogP contribution >= 0.6 is 0 Å². The van der Waals surface area contributed by atoms with Crippen molar-refractivity contribution in [3.8, 4) is 28.3 Å². The summed E-state index contributed by atoms with van der Waals surface area (Å²) < 4.78 is 7.89. The van der Waals surface area contributed by atoms with Crippen molar-refractivity contribution in [3.63, 3.8) is 0 Å². The van der Waals surface area contributed by atoms with E-state index in [9.17, 15) is 4.79 Å². The molecule has 0 spiro atoms. The number of rotatable bonds is 9. The average Bonchev–Trinajstić information content (AvgIpc) is 3.61. The molecule has 7 heteroatoms. The quantitative estimate of drug-likeness (QED) is 0.309. The molecule has 2 heterocycles. The van der Waals surface area contributed by atoms with Crippen molar-refractivity contribution in [1.29, 1.82) is 0 Å². The van der Waals surface area contributed by atoms with Gasteiger partial charge in [-0.2, -0.15) is 0 Å². The molecule has 0 aliphatic heterocycles. The van der Waals surface area contributed by atoms with Gasteiger partial charge in [-0.1, -0.05) is 19.9 Å². The molecule has 2 aromatic carbocycles. The minimum Gasteiger partial charge on any atom is -0.491 e. The van der Waals surface area contributed by atoms with E-state index in [4.69, 9.17) is 20.4 Å². The maximum absolute atomic E-state index is 12.0. The van der Waals surface area contributed by atoms with Crippen molar-refractivity contribution < 1.29 is 9.53 Å². The lowest BCUT2D eigenvalue weighted by Crippen LogP contribution is -2.13. The number of hydrogen-bond donors (Lipinski definition) is 2. The van der Waals surface area contributed by atoms with Crippen LogP contribution in [-0.2, 0) is 0 Å². The maximum atomic E-state index is 12.0. The van der Waals surface area contributed by atoms with E-state index in [1.165, 1.54) is 0 Å². The molecular formula is C29H33N5O2. The Kier molecular flexibility index (Phi) is 6.39. The third-order valence-corrected chi connectivity index (χ3v) is 6.32. The highest BCUT2D eigenvalue weighted by Crippen LogP contribution is 2.43. The highest BCUT2D eigenvalue weighted by Gasteiger charge is 2.28. The first-order valence-corrected chi connectivity index (χ1v) is 12.6. The van der Waals surface area contributed by atoms with Crippen LogP contribution in [0.1, 0.15) is 62.4 Å². The second-order valence-electron chi connectivity index (χ2n) is 10.2. The largest absolute Gasteiger partial charge is 0.491 e. The third kappa shape index (κ3) is 4.91. The van der Waals surface area contributed by atoms with Gasteiger partial charge in [0, 0.05) is 29.4 Å². The number of nitrogens with two attached hydrogens (primary N) is 1. The van der Waals surface area contributed by atoms with E-state index >= 15 is 0 Å². The number of carbonyl (C=O) groups excluding carboxylic acids is 1. The lowest BCUT2D eigenvalue weighted by Gasteiger charge is -2.14. The summed E-state index contributed by atoms with van der Waals surface area (Å²) in [4.78, 5) is 21.7. The van der Waals surface area contributed by atoms with Gasteiger partial charge in [0.2, 0.25) is 5.91 Å². The topological polar surface area (TPSA) is 94.5 Å². The van der Waals surface area contributed by atoms with E-state index in [2.05, 4.69) is 29.6 Å². The Labute approximate surface area is 211 Å². The number of amides is 1. The molecule has 1 aliphatic rings. The summed E-state index contributed by atoms with van der Waals surface area (Å²) in [6, 6.07) is 13.9. The molecule has 2 aromatic heterocycles. The molecule has 5 rings (SSSR count). The number of carbonyl (C=O) groups is 1. The number of benzene rings is 2. The van der Waals surface area contributed by atoms with Gasteiger partial charge in [-0.05, 0) is 80.5 Å². The lowest BCUT2D eigenvalue weighted by molar-refractivity contribution is 0.0999. The van der Waals surface area contributed by atoms with Crippen LogP contribution in [0.15, 0.2) is 54.9 Å². The van der Waals surface area contributed by atoms with E-state index < -0.39 is 0 Å². The molecule has 0 radical (unpaired) electrons. The first kappa shape index (κ1) is 23.9. The zero-order valence-corrected chi connectivity index (χ0v) is 21.3. The van der Waals surface area contributed by atoms with Crippen molar-refractivity contribution in [2.24, 2.45) is 11.7 Å². The summed E-state index contributed by atoms with van der Waals surface area (Å²) >= 11 is 0. The molecule has 1 fully saturated rings. The van der Waals surface area contributed by atoms with Crippen molar-refractivity contribution in [1.82, 2.24) is 14.4 Å². The van der Waals surface area contributed by atoms with Gasteiger partial charge in [-0.25, -0.2) is 9.97 Å². The third-order valence-electron chi connectivity index (χ3n) is 6.32. The normalized spacial score (nSPS) is 13.5. The molecule has 1 aliphatic carbocycles. The van der Waals surface area contributed by atoms with Crippen LogP contribution in [0.5, 0.6) is 5.75 Å². The Morgan fingerprint density at radius 2 is 1.83 bits per heavy atom. The monoisotopic (exact) mass is 483 g/mol. The van der Waals surface area contributed by atoms with Gasteiger partial charge in [0.25, 0.3) is 0 Å². The average molecular weight is 484 g/mol. The van der Waals surface area contributed by atoms with Crippen LogP contribution in [0.25, 0.3) is 28.2 Å². The van der Waals surface area contributed by atoms with Gasteiger partial charge >= 0.3 is 0 Å². The molecule has 7 nitrogen and oxygen atoms in total. The number of hydrogen-bond acceptors (Lipinski definition) is 5. The SMILES string of the molecule is CC(C)CNc1nc(-c2ccc(OC(C)C)cc2)cn2c(-c3ccc(C(N)=O)c(C4CC4)c3)cnc12. The fourth-order valence-corrected chi connectivity index (χ4v) is 4.42. The fraction of sp³-hybridized carbons (Fsp3) is 0.345. The zero-order valence-electron chi connectivity index (χ0n) is 21.3. The Morgan fingerprint density at radius 3 is 2.47 bits per heavy atom. The highest BCUT2D eigenvalue weighted by atomic mass is 16.5. The molecule has 0 bridgehead atoms. The minimum atomic E-state index is -0.377. The molecule has 36 heavy (non-hydrogen) atoms. The Balaban J connectivity index is 1.61. The number of imidazole rings is 1. The van der Waals surface area contributed by atoms with E-state index in [1.807, 2.05) is 62.6 Å². The Bertz CT molecular complexity index is 1400. The molecule has 186 valence electrons. The van der Waals surface area contributed by atoms with E-state index in [0.29, 0.717) is 17.4 Å². The zero-order chi connectivity index (χ0) is 25.4. The number of nitrogens with one attached hydrogen (secondary N) is 1. The number of fused-ring (bicyclic) bond motifs is 1. The summed E-state index contributed by atoms with van der Waals surface area (Å²) in [5.74, 6) is 2.06. The van der Waals surface area contributed by atoms with Gasteiger partial charge in [-0.15, -0.1) is 0 Å². The van der Waals surface area contributed by atoms with Crippen LogP contribution in [0, 0.1) is 5.92 Å². The molecule has 0 saturated heterocycles. The second-order valence-corrected chi connectivity index (χ2v) is 10.2. The molecule has 0 atom stereocenters. The van der Waals surface area contributed by atoms with Gasteiger partial charge in [0.15, 0.2) is 11.5 Å². The Hall–Kier alpha value is -3.87. The van der Waals surface area contributed by atoms with Crippen LogP contribution in [0.4, 0.5) is 5.82 Å². The standard InChI is InChI=1S/C29H33N5O2/c1-17(2)14-31-28-29-32-15-26(21-9-12-23(27(30)35)24(13-21)19-5-6-19)34(29)16-25(33-28)20-7-10-22(11-8-20)36-18(3)4/h7-13,15-19H,5-6,14H2,1-4H3,(H2,30,35)(H,31,33). The number of primary amides is 1. The first-order valence-electron chi connectivity index (χ1n) is 12.6. The van der Waals surface area contributed by atoms with Crippen LogP contribution in [0.2, 0.25) is 0 Å². The maximum Gasteiger partial charge on any atom is 0.248 e. The summed E-state index contributed by atoms with van der Waals surface area (Å²) in [7, 11) is 0. The highest BCUT2D eigenvalue weighted by molar-refractivity contribution is 5.95. The first-order chi connectivity index (χ1) is 17.3. The van der Waals surface area contributed by atoms with Gasteiger partial charge in [0.05, 0.1) is 23.7 Å². The predicted molar refractivity (Wildman–Crippen MR) is 143 cm³/mol. The number of ether oxygens (including phenoxy) is 1. The molecule has 3 N–H and O–H groups in total. The van der Waals surface area contributed by atoms with Crippen LogP contribution in [-0.4, -0.2) is 32.9 Å². The van der Waals surface area contributed by atoms with E-state index in [0.717, 1.165) is 64.7 Å². The second kappa shape index (κ2) is 9.64. The van der Waals surface area contributed by atoms with Gasteiger partial charge in [0.1, 0.15) is 5.75 Å². The van der Waals surface area contributed by atoms with Crippen LogP contribution < -0.4 is 15.8 Å². The van der Waals surface area contributed by atoms with Crippen molar-refractivity contribution in [2.75, 3.05) is 11.9 Å². The predicted octanol–water partition coefficient (Wildman–Crippen LogP) is 5.89. The van der Waals surface area contributed by atoms with Crippen molar-refractivity contribution in [2.45, 2.75) is 52.6 Å². The molecular weight excluding hydrogens is 450 g/mol. The van der Waals surface area contributed by atoms with E-state index in [1.54, 1.807) is 0 Å². The van der Waals surface area contributed by atoms with E-state index in [-0.39, 0.29) is 12.0 Å². The van der Waals surface area contributed by atoms with Gasteiger partial charge < -0.3 is 15.8 Å². The summed E-state index contributed by atoms with van der Waals surface area (Å²) in [5.41, 5.74) is 11.8. The fourth-order valence-electron chi connectivity index (χ4n) is 4.42. The molecule has 4 aromatic rings. The molecule has 1 saturated carbocycles. The smallest absolute Gasteiger partial charge is 0.248 e. The van der Waals surface area contributed by atoms with Gasteiger partial charge in [-0.3, -0.25) is 9.20 Å². The van der Waals surface area contributed by atoms with Crippen molar-refractivity contribution in [3.05, 3.63) is 66.0 Å². The lowest BCUT2D eigenvalue weighted by atomic mass is 9.98. The summed E-state index contributed by atoms with van der Waals surface area (Å²) in [6.45, 7) is 9.15.